The van der Waals surface area contributed by atoms with Crippen molar-refractivity contribution in [1.82, 2.24) is 5.32 Å². The number of aryl methyl sites for hydroxylation is 1. The van der Waals surface area contributed by atoms with Crippen molar-refractivity contribution in [2.45, 2.75) is 44.2 Å². The smallest absolute Gasteiger partial charge is 0.248 e. The van der Waals surface area contributed by atoms with Crippen LogP contribution in [-0.2, 0) is 16.0 Å². The Morgan fingerprint density at radius 3 is 2.48 bits per heavy atom. The number of benzene rings is 2. The van der Waals surface area contributed by atoms with Crippen molar-refractivity contribution in [3.8, 4) is 5.75 Å². The Bertz CT molecular complexity index is 877. The van der Waals surface area contributed by atoms with Crippen molar-refractivity contribution in [1.29, 1.82) is 0 Å². The predicted molar refractivity (Wildman–Crippen MR) is 123 cm³/mol. The molecule has 2 atom stereocenters. The van der Waals surface area contributed by atoms with Gasteiger partial charge in [-0.05, 0) is 67.9 Å². The molecule has 2 aromatic carbocycles. The maximum Gasteiger partial charge on any atom is 0.248 e. The average molecular weight is 422 g/mol. The zero-order chi connectivity index (χ0) is 22.1. The second-order valence-corrected chi connectivity index (χ2v) is 7.93. The van der Waals surface area contributed by atoms with Crippen LogP contribution in [0.5, 0.6) is 5.75 Å². The first-order valence-corrected chi connectivity index (χ1v) is 10.8. The number of methoxy groups -OCH3 is 1. The normalized spacial score (nSPS) is 15.3. The monoisotopic (exact) mass is 421 g/mol. The Kier molecular flexibility index (Phi) is 8.24. The predicted octanol–water partition coefficient (Wildman–Crippen LogP) is 3.43. The first-order valence-electron chi connectivity index (χ1n) is 10.8. The van der Waals surface area contributed by atoms with Crippen molar-refractivity contribution >= 4 is 17.5 Å². The van der Waals surface area contributed by atoms with E-state index < -0.39 is 6.04 Å². The van der Waals surface area contributed by atoms with Gasteiger partial charge in [-0.1, -0.05) is 36.4 Å². The van der Waals surface area contributed by atoms with E-state index in [2.05, 4.69) is 22.8 Å². The van der Waals surface area contributed by atoms with Crippen LogP contribution in [0.25, 0.3) is 0 Å². The third-order valence-corrected chi connectivity index (χ3v) is 5.42. The van der Waals surface area contributed by atoms with Crippen LogP contribution in [0.4, 0.5) is 5.69 Å². The molecule has 4 N–H and O–H groups in total. The van der Waals surface area contributed by atoms with E-state index in [1.807, 2.05) is 18.2 Å². The molecule has 0 spiro atoms. The fraction of sp³-hybridized carbons (Fsp3) is 0.360. The van der Waals surface area contributed by atoms with Gasteiger partial charge in [-0.2, -0.15) is 0 Å². The first kappa shape index (κ1) is 22.6. The van der Waals surface area contributed by atoms with Crippen LogP contribution in [0, 0.1) is 5.92 Å². The maximum absolute atomic E-state index is 12.5. The van der Waals surface area contributed by atoms with E-state index in [9.17, 15) is 9.59 Å². The Morgan fingerprint density at radius 1 is 1.13 bits per heavy atom. The summed E-state index contributed by atoms with van der Waals surface area (Å²) in [6.45, 7) is 0. The number of carbonyl (C=O) groups is 2. The van der Waals surface area contributed by atoms with Gasteiger partial charge in [0.05, 0.1) is 13.2 Å². The Balaban J connectivity index is 1.56. The number of ether oxygens (including phenoxy) is 1. The highest BCUT2D eigenvalue weighted by Crippen LogP contribution is 2.31. The molecule has 2 amide bonds. The van der Waals surface area contributed by atoms with Gasteiger partial charge in [0.25, 0.3) is 0 Å². The molecule has 2 unspecified atom stereocenters. The number of rotatable bonds is 11. The summed E-state index contributed by atoms with van der Waals surface area (Å²) >= 11 is 0. The quantitative estimate of drug-likeness (QED) is 0.485. The van der Waals surface area contributed by atoms with E-state index in [4.69, 9.17) is 10.5 Å². The lowest BCUT2D eigenvalue weighted by molar-refractivity contribution is -0.123. The minimum absolute atomic E-state index is 0.146. The molecule has 31 heavy (non-hydrogen) atoms. The molecular formula is C25H31N3O3. The van der Waals surface area contributed by atoms with Crippen LogP contribution in [0.2, 0.25) is 0 Å². The third-order valence-electron chi connectivity index (χ3n) is 5.42. The average Bonchev–Trinajstić information content (AvgIpc) is 3.63. The van der Waals surface area contributed by atoms with E-state index in [0.717, 1.165) is 37.9 Å². The molecular weight excluding hydrogens is 390 g/mol. The molecule has 6 heteroatoms. The molecule has 2 aromatic rings. The second-order valence-electron chi connectivity index (χ2n) is 7.93. The highest BCUT2D eigenvalue weighted by Gasteiger charge is 2.33. The third kappa shape index (κ3) is 7.57. The molecule has 1 fully saturated rings. The standard InChI is InChI=1S/C25H31N3O3/c1-31-22-15-12-21(13-16-22)27-23(29)17-14-20(28-25(30)24(26)19-10-11-19)9-5-8-18-6-3-2-4-7-18/h2-4,6-7,12-17,19-20,24H,5,8-11,26H2,1H3,(H,27,29)(H,28,30). The van der Waals surface area contributed by atoms with E-state index in [1.54, 1.807) is 37.5 Å². The fourth-order valence-electron chi connectivity index (χ4n) is 3.40. The molecule has 6 nitrogen and oxygen atoms in total. The topological polar surface area (TPSA) is 93.5 Å². The van der Waals surface area contributed by atoms with Crippen molar-refractivity contribution in [3.63, 3.8) is 0 Å². The molecule has 0 saturated heterocycles. The lowest BCUT2D eigenvalue weighted by Crippen LogP contribution is -2.46. The van der Waals surface area contributed by atoms with Crippen LogP contribution < -0.4 is 21.1 Å². The highest BCUT2D eigenvalue weighted by atomic mass is 16.5. The minimum Gasteiger partial charge on any atom is -0.497 e. The second kappa shape index (κ2) is 11.3. The fourth-order valence-corrected chi connectivity index (χ4v) is 3.40. The Morgan fingerprint density at radius 2 is 1.84 bits per heavy atom. The molecule has 1 aliphatic rings. The number of hydrogen-bond acceptors (Lipinski definition) is 4. The summed E-state index contributed by atoms with van der Waals surface area (Å²) in [7, 11) is 1.59. The van der Waals surface area contributed by atoms with E-state index >= 15 is 0 Å². The number of amides is 2. The number of nitrogens with one attached hydrogen (secondary N) is 2. The molecule has 3 rings (SSSR count). The van der Waals surface area contributed by atoms with Gasteiger partial charge < -0.3 is 21.1 Å². The number of hydrogen-bond donors (Lipinski definition) is 3. The van der Waals surface area contributed by atoms with E-state index in [-0.39, 0.29) is 23.8 Å². The van der Waals surface area contributed by atoms with Gasteiger partial charge in [-0.25, -0.2) is 0 Å². The van der Waals surface area contributed by atoms with Crippen LogP contribution in [-0.4, -0.2) is 31.0 Å². The van der Waals surface area contributed by atoms with Crippen molar-refractivity contribution in [2.75, 3.05) is 12.4 Å². The van der Waals surface area contributed by atoms with Gasteiger partial charge in [0.1, 0.15) is 5.75 Å². The minimum atomic E-state index is -0.474. The SMILES string of the molecule is COc1ccc(NC(=O)C=CC(CCCc2ccccc2)NC(=O)C(N)C2CC2)cc1. The molecule has 0 bridgehead atoms. The highest BCUT2D eigenvalue weighted by molar-refractivity contribution is 5.99. The first-order chi connectivity index (χ1) is 15.0. The largest absolute Gasteiger partial charge is 0.497 e. The van der Waals surface area contributed by atoms with Gasteiger partial charge in [-0.3, -0.25) is 9.59 Å². The van der Waals surface area contributed by atoms with Gasteiger partial charge in [-0.15, -0.1) is 0 Å². The van der Waals surface area contributed by atoms with Crippen molar-refractivity contribution < 1.29 is 14.3 Å². The Labute approximate surface area is 183 Å². The number of carbonyl (C=O) groups excluding carboxylic acids is 2. The molecule has 164 valence electrons. The van der Waals surface area contributed by atoms with Crippen LogP contribution >= 0.6 is 0 Å². The van der Waals surface area contributed by atoms with Crippen LogP contribution in [0.3, 0.4) is 0 Å². The molecule has 0 aliphatic heterocycles. The molecule has 0 radical (unpaired) electrons. The lowest BCUT2D eigenvalue weighted by atomic mass is 10.0. The summed E-state index contributed by atoms with van der Waals surface area (Å²) < 4.78 is 5.12. The van der Waals surface area contributed by atoms with Gasteiger partial charge >= 0.3 is 0 Å². The number of anilines is 1. The van der Waals surface area contributed by atoms with Gasteiger partial charge in [0, 0.05) is 17.8 Å². The number of nitrogens with two attached hydrogens (primary N) is 1. The zero-order valence-corrected chi connectivity index (χ0v) is 17.9. The van der Waals surface area contributed by atoms with Crippen molar-refractivity contribution in [2.24, 2.45) is 11.7 Å². The summed E-state index contributed by atoms with van der Waals surface area (Å²) in [6, 6.07) is 16.6. The molecule has 1 saturated carbocycles. The van der Waals surface area contributed by atoms with Gasteiger partial charge in [0.15, 0.2) is 0 Å². The van der Waals surface area contributed by atoms with Crippen LogP contribution in [0.15, 0.2) is 66.7 Å². The van der Waals surface area contributed by atoms with E-state index in [1.165, 1.54) is 11.6 Å². The van der Waals surface area contributed by atoms with Crippen LogP contribution in [0.1, 0.15) is 31.2 Å². The molecule has 0 aromatic heterocycles. The molecule has 0 heterocycles. The summed E-state index contributed by atoms with van der Waals surface area (Å²) in [4.78, 5) is 24.8. The van der Waals surface area contributed by atoms with Gasteiger partial charge in [0.2, 0.25) is 11.8 Å². The summed E-state index contributed by atoms with van der Waals surface area (Å²) in [5.41, 5.74) is 7.98. The maximum atomic E-state index is 12.5. The summed E-state index contributed by atoms with van der Waals surface area (Å²) in [5, 5.41) is 5.83. The summed E-state index contributed by atoms with van der Waals surface area (Å²) in [5.74, 6) is 0.612. The lowest BCUT2D eigenvalue weighted by Gasteiger charge is -2.18. The summed E-state index contributed by atoms with van der Waals surface area (Å²) in [6.07, 6.45) is 7.76. The van der Waals surface area contributed by atoms with Crippen molar-refractivity contribution in [3.05, 3.63) is 72.3 Å². The molecule has 1 aliphatic carbocycles. The zero-order valence-electron chi connectivity index (χ0n) is 17.9. The van der Waals surface area contributed by atoms with E-state index in [0.29, 0.717) is 5.69 Å². The Hall–Kier alpha value is -3.12.